The Hall–Kier alpha value is -2.94. The van der Waals surface area contributed by atoms with Gasteiger partial charge in [-0.15, -0.1) is 0 Å². The molecule has 1 aliphatic rings. The lowest BCUT2D eigenvalue weighted by Gasteiger charge is -2.30. The number of anilines is 1. The second-order valence-electron chi connectivity index (χ2n) is 8.15. The van der Waals surface area contributed by atoms with Gasteiger partial charge >= 0.3 is 0 Å². The number of ether oxygens (including phenoxy) is 1. The van der Waals surface area contributed by atoms with Gasteiger partial charge in [-0.25, -0.2) is 23.1 Å². The van der Waals surface area contributed by atoms with Crippen LogP contribution in [0.25, 0.3) is 11.0 Å². The molecule has 1 aromatic carbocycles. The summed E-state index contributed by atoms with van der Waals surface area (Å²) in [5.41, 5.74) is 0.977. The number of hydrogen-bond donors (Lipinski definition) is 1. The van der Waals surface area contributed by atoms with Crippen LogP contribution in [0, 0.1) is 12.7 Å². The second kappa shape index (κ2) is 9.28. The Morgan fingerprint density at radius 2 is 2.06 bits per heavy atom. The summed E-state index contributed by atoms with van der Waals surface area (Å²) in [6.45, 7) is 3.69. The lowest BCUT2D eigenvalue weighted by Crippen LogP contribution is -2.31. The molecule has 3 heterocycles. The molecule has 1 N–H and O–H groups in total. The summed E-state index contributed by atoms with van der Waals surface area (Å²) < 4.78 is 46.1. The number of aryl methyl sites for hydroxylation is 1. The quantitative estimate of drug-likeness (QED) is 0.586. The van der Waals surface area contributed by atoms with Crippen LogP contribution in [0.2, 0.25) is 0 Å². The highest BCUT2D eigenvalue weighted by Crippen LogP contribution is 2.35. The number of nitrogens with zero attached hydrogens (tertiary/aromatic N) is 4. The minimum atomic E-state index is -2.87. The predicted octanol–water partition coefficient (Wildman–Crippen LogP) is 4.84. The van der Waals surface area contributed by atoms with Gasteiger partial charge in [-0.05, 0) is 39.4 Å². The normalized spacial score (nSPS) is 17.2. The van der Waals surface area contributed by atoms with Crippen molar-refractivity contribution < 1.29 is 17.9 Å². The minimum Gasteiger partial charge on any atom is -0.481 e. The van der Waals surface area contributed by atoms with Crippen LogP contribution < -0.4 is 10.1 Å². The van der Waals surface area contributed by atoms with Crippen LogP contribution >= 0.6 is 0 Å². The number of nitrogens with one attached hydrogen (secondary N) is 1. The van der Waals surface area contributed by atoms with E-state index in [9.17, 15) is 13.2 Å². The number of methoxy groups -OCH3 is 1. The van der Waals surface area contributed by atoms with E-state index in [2.05, 4.69) is 32.2 Å². The molecular weight excluding hydrogens is 419 g/mol. The number of hydrogen-bond acceptors (Lipinski definition) is 6. The molecule has 170 valence electrons. The van der Waals surface area contributed by atoms with E-state index in [1.165, 1.54) is 12.1 Å². The van der Waals surface area contributed by atoms with Crippen molar-refractivity contribution in [2.24, 2.45) is 0 Å². The summed E-state index contributed by atoms with van der Waals surface area (Å²) in [5.74, 6) is 0.861. The third kappa shape index (κ3) is 4.48. The lowest BCUT2D eigenvalue weighted by molar-refractivity contribution is 0.146. The smallest absolute Gasteiger partial charge is 0.266 e. The molecule has 1 unspecified atom stereocenters. The SMILES string of the molecule is COc1nc2nc(C)nc(NCc3cccc(C(F)F)c3F)c2cc1C1CCCN(C)C1. The summed E-state index contributed by atoms with van der Waals surface area (Å²) in [5, 5.41) is 3.79. The number of fused-ring (bicyclic) bond motifs is 1. The van der Waals surface area contributed by atoms with Crippen LogP contribution in [0.5, 0.6) is 5.88 Å². The summed E-state index contributed by atoms with van der Waals surface area (Å²) in [4.78, 5) is 15.8. The monoisotopic (exact) mass is 445 g/mol. The second-order valence-corrected chi connectivity index (χ2v) is 8.15. The Bertz CT molecular complexity index is 1120. The summed E-state index contributed by atoms with van der Waals surface area (Å²) >= 11 is 0. The topological polar surface area (TPSA) is 63.2 Å². The molecule has 0 saturated carbocycles. The fraction of sp³-hybridized carbons (Fsp3) is 0.435. The van der Waals surface area contributed by atoms with Gasteiger partial charge in [-0.3, -0.25) is 0 Å². The van der Waals surface area contributed by atoms with Gasteiger partial charge in [-0.2, -0.15) is 4.98 Å². The highest BCUT2D eigenvalue weighted by atomic mass is 19.3. The molecular formula is C23H26F3N5O. The zero-order valence-corrected chi connectivity index (χ0v) is 18.3. The summed E-state index contributed by atoms with van der Waals surface area (Å²) in [6.07, 6.45) is -0.767. The molecule has 3 aromatic rings. The van der Waals surface area contributed by atoms with Gasteiger partial charge in [0.05, 0.1) is 18.1 Å². The maximum atomic E-state index is 14.5. The highest BCUT2D eigenvalue weighted by Gasteiger charge is 2.24. The summed E-state index contributed by atoms with van der Waals surface area (Å²) in [6, 6.07) is 5.99. The molecule has 1 atom stereocenters. The Labute approximate surface area is 184 Å². The Morgan fingerprint density at radius 1 is 1.25 bits per heavy atom. The first-order chi connectivity index (χ1) is 15.4. The van der Waals surface area contributed by atoms with Gasteiger partial charge in [0.2, 0.25) is 5.88 Å². The average molecular weight is 445 g/mol. The van der Waals surface area contributed by atoms with E-state index in [4.69, 9.17) is 4.74 Å². The number of likely N-dealkylation sites (tertiary alicyclic amines) is 1. The third-order valence-corrected chi connectivity index (χ3v) is 5.84. The number of halogens is 3. The van der Waals surface area contributed by atoms with E-state index >= 15 is 0 Å². The fourth-order valence-electron chi connectivity index (χ4n) is 4.26. The largest absolute Gasteiger partial charge is 0.481 e. The van der Waals surface area contributed by atoms with Crippen molar-refractivity contribution in [2.45, 2.75) is 38.7 Å². The van der Waals surface area contributed by atoms with Crippen molar-refractivity contribution in [1.82, 2.24) is 19.9 Å². The first-order valence-corrected chi connectivity index (χ1v) is 10.6. The van der Waals surface area contributed by atoms with Crippen molar-refractivity contribution in [3.05, 3.63) is 52.6 Å². The molecule has 0 bridgehead atoms. The van der Waals surface area contributed by atoms with Crippen molar-refractivity contribution in [1.29, 1.82) is 0 Å². The zero-order chi connectivity index (χ0) is 22.8. The van der Waals surface area contributed by atoms with E-state index in [1.54, 1.807) is 14.0 Å². The number of alkyl halides is 2. The van der Waals surface area contributed by atoms with Gasteiger partial charge in [0.25, 0.3) is 6.43 Å². The Kier molecular flexibility index (Phi) is 6.45. The fourth-order valence-corrected chi connectivity index (χ4v) is 4.26. The number of likely N-dealkylation sites (N-methyl/N-ethyl adjacent to an activating group) is 1. The van der Waals surface area contributed by atoms with Gasteiger partial charge in [0.1, 0.15) is 17.5 Å². The van der Waals surface area contributed by atoms with Crippen LogP contribution in [0.1, 0.15) is 47.7 Å². The lowest BCUT2D eigenvalue weighted by atomic mass is 9.91. The molecule has 6 nitrogen and oxygen atoms in total. The minimum absolute atomic E-state index is 0.00543. The molecule has 4 rings (SSSR count). The van der Waals surface area contributed by atoms with E-state index in [0.29, 0.717) is 28.6 Å². The van der Waals surface area contributed by atoms with Gasteiger partial charge in [0, 0.05) is 30.1 Å². The zero-order valence-electron chi connectivity index (χ0n) is 18.3. The number of aromatic nitrogens is 3. The molecule has 9 heteroatoms. The van der Waals surface area contributed by atoms with Crippen LogP contribution in [0.4, 0.5) is 19.0 Å². The molecule has 0 radical (unpaired) electrons. The van der Waals surface area contributed by atoms with Crippen molar-refractivity contribution >= 4 is 16.9 Å². The van der Waals surface area contributed by atoms with Gasteiger partial charge < -0.3 is 15.0 Å². The summed E-state index contributed by atoms with van der Waals surface area (Å²) in [7, 11) is 3.69. The Morgan fingerprint density at radius 3 is 2.78 bits per heavy atom. The molecule has 0 aliphatic carbocycles. The molecule has 2 aromatic heterocycles. The van der Waals surface area contributed by atoms with Gasteiger partial charge in [0.15, 0.2) is 5.65 Å². The van der Waals surface area contributed by atoms with E-state index in [-0.39, 0.29) is 18.0 Å². The Balaban J connectivity index is 1.71. The first kappa shape index (κ1) is 22.3. The van der Waals surface area contributed by atoms with Crippen molar-refractivity contribution in [2.75, 3.05) is 32.6 Å². The van der Waals surface area contributed by atoms with E-state index in [0.717, 1.165) is 37.6 Å². The highest BCUT2D eigenvalue weighted by molar-refractivity contribution is 5.87. The van der Waals surface area contributed by atoms with E-state index in [1.807, 2.05) is 6.07 Å². The molecule has 0 amide bonds. The third-order valence-electron chi connectivity index (χ3n) is 5.84. The van der Waals surface area contributed by atoms with E-state index < -0.39 is 17.8 Å². The maximum Gasteiger partial charge on any atom is 0.266 e. The maximum absolute atomic E-state index is 14.5. The molecule has 1 aliphatic heterocycles. The van der Waals surface area contributed by atoms with Crippen molar-refractivity contribution in [3.63, 3.8) is 0 Å². The molecule has 1 saturated heterocycles. The number of piperidine rings is 1. The standard InChI is InChI=1S/C23H26F3N5O/c1-13-28-21(27-11-14-6-4-8-16(19(14)24)20(25)26)18-10-17(15-7-5-9-31(2)12-15)23(32-3)30-22(18)29-13/h4,6,8,10,15,20H,5,7,9,11-12H2,1-3H3,(H,27,28,29,30). The molecule has 32 heavy (non-hydrogen) atoms. The first-order valence-electron chi connectivity index (χ1n) is 10.6. The van der Waals surface area contributed by atoms with Crippen LogP contribution in [0.15, 0.2) is 24.3 Å². The van der Waals surface area contributed by atoms with Gasteiger partial charge in [-0.1, -0.05) is 18.2 Å². The van der Waals surface area contributed by atoms with Crippen molar-refractivity contribution in [3.8, 4) is 5.88 Å². The predicted molar refractivity (Wildman–Crippen MR) is 117 cm³/mol. The van der Waals surface area contributed by atoms with Crippen LogP contribution in [-0.4, -0.2) is 47.1 Å². The number of pyridine rings is 1. The average Bonchev–Trinajstić information content (AvgIpc) is 2.77. The van der Waals surface area contributed by atoms with Crippen LogP contribution in [-0.2, 0) is 6.54 Å². The number of rotatable bonds is 6. The molecule has 0 spiro atoms. The van der Waals surface area contributed by atoms with Crippen LogP contribution in [0.3, 0.4) is 0 Å². The molecule has 1 fully saturated rings. The number of benzene rings is 1.